The van der Waals surface area contributed by atoms with Crippen LogP contribution < -0.4 is 9.47 Å². The number of methoxy groups -OCH3 is 2. The fraction of sp³-hybridized carbons (Fsp3) is 0.316. The fourth-order valence-electron chi connectivity index (χ4n) is 3.30. The Hall–Kier alpha value is -2.29. The Morgan fingerprint density at radius 2 is 1.27 bits per heavy atom. The summed E-state index contributed by atoms with van der Waals surface area (Å²) in [5.41, 5.74) is 2.33. The van der Waals surface area contributed by atoms with Crippen LogP contribution in [0, 0.1) is 0 Å². The highest BCUT2D eigenvalue weighted by molar-refractivity contribution is 5.83. The summed E-state index contributed by atoms with van der Waals surface area (Å²) in [7, 11) is 3.33. The number of hydrogen-bond acceptors (Lipinski definition) is 3. The number of rotatable bonds is 4. The second-order valence-electron chi connectivity index (χ2n) is 5.71. The quantitative estimate of drug-likeness (QED) is 0.857. The van der Waals surface area contributed by atoms with E-state index >= 15 is 0 Å². The van der Waals surface area contributed by atoms with Crippen LogP contribution in [-0.2, 0) is 4.79 Å². The molecule has 1 aliphatic rings. The minimum absolute atomic E-state index is 0.203. The Kier molecular flexibility index (Phi) is 4.14. The molecule has 3 nitrogen and oxygen atoms in total. The zero-order valence-corrected chi connectivity index (χ0v) is 12.9. The Bertz CT molecular complexity index is 620. The maximum Gasteiger partial charge on any atom is 0.134 e. The number of ketones is 1. The second kappa shape index (κ2) is 6.22. The minimum atomic E-state index is 0.203. The van der Waals surface area contributed by atoms with Crippen LogP contribution in [0.25, 0.3) is 0 Å². The maximum absolute atomic E-state index is 12.1. The molecule has 2 aromatic rings. The van der Waals surface area contributed by atoms with Gasteiger partial charge in [0.05, 0.1) is 14.2 Å². The molecule has 0 spiro atoms. The van der Waals surface area contributed by atoms with Gasteiger partial charge in [0.1, 0.15) is 17.3 Å². The van der Waals surface area contributed by atoms with E-state index in [0.717, 1.165) is 22.6 Å². The molecule has 22 heavy (non-hydrogen) atoms. The Labute approximate surface area is 130 Å². The van der Waals surface area contributed by atoms with E-state index in [9.17, 15) is 4.79 Å². The van der Waals surface area contributed by atoms with Crippen molar-refractivity contribution in [1.29, 1.82) is 0 Å². The third-order valence-electron chi connectivity index (χ3n) is 4.42. The summed E-state index contributed by atoms with van der Waals surface area (Å²) in [5.74, 6) is 2.40. The molecule has 0 aromatic heterocycles. The summed E-state index contributed by atoms with van der Waals surface area (Å²) in [6.45, 7) is 0. The Balaban J connectivity index is 1.96. The second-order valence-corrected chi connectivity index (χ2v) is 5.71. The third-order valence-corrected chi connectivity index (χ3v) is 4.42. The Morgan fingerprint density at radius 3 is 1.68 bits per heavy atom. The molecule has 0 saturated heterocycles. The van der Waals surface area contributed by atoms with Crippen molar-refractivity contribution in [2.24, 2.45) is 0 Å². The van der Waals surface area contributed by atoms with Crippen LogP contribution in [0.3, 0.4) is 0 Å². The lowest BCUT2D eigenvalue weighted by Gasteiger charge is -2.20. The van der Waals surface area contributed by atoms with E-state index in [-0.39, 0.29) is 11.8 Å². The van der Waals surface area contributed by atoms with Gasteiger partial charge in [-0.2, -0.15) is 0 Å². The summed E-state index contributed by atoms with van der Waals surface area (Å²) in [6.07, 6.45) is 1.18. The molecule has 0 bridgehead atoms. The molecule has 1 fully saturated rings. The predicted octanol–water partition coefficient (Wildman–Crippen LogP) is 3.93. The maximum atomic E-state index is 12.1. The van der Waals surface area contributed by atoms with Crippen molar-refractivity contribution in [2.75, 3.05) is 14.2 Å². The lowest BCUT2D eigenvalue weighted by Crippen LogP contribution is -2.05. The number of hydrogen-bond donors (Lipinski definition) is 0. The molecule has 2 atom stereocenters. The van der Waals surface area contributed by atoms with E-state index in [1.807, 2.05) is 36.4 Å². The summed E-state index contributed by atoms with van der Waals surface area (Å²) in [5, 5.41) is 0. The van der Waals surface area contributed by atoms with Crippen LogP contribution in [0.1, 0.15) is 35.8 Å². The summed E-state index contributed by atoms with van der Waals surface area (Å²) < 4.78 is 10.6. The Morgan fingerprint density at radius 1 is 0.818 bits per heavy atom. The first-order valence-corrected chi connectivity index (χ1v) is 7.51. The molecule has 1 aliphatic carbocycles. The van der Waals surface area contributed by atoms with Crippen molar-refractivity contribution in [2.45, 2.75) is 24.7 Å². The highest BCUT2D eigenvalue weighted by Gasteiger charge is 2.35. The lowest BCUT2D eigenvalue weighted by atomic mass is 9.84. The molecule has 114 valence electrons. The highest BCUT2D eigenvalue weighted by Crippen LogP contribution is 2.45. The van der Waals surface area contributed by atoms with Crippen LogP contribution >= 0.6 is 0 Å². The van der Waals surface area contributed by atoms with Gasteiger partial charge < -0.3 is 9.47 Å². The number of benzene rings is 2. The van der Waals surface area contributed by atoms with Crippen molar-refractivity contribution in [1.82, 2.24) is 0 Å². The lowest BCUT2D eigenvalue weighted by molar-refractivity contribution is -0.117. The molecule has 0 unspecified atom stereocenters. The summed E-state index contributed by atoms with van der Waals surface area (Å²) in [6, 6.07) is 16.1. The number of carbonyl (C=O) groups is 1. The number of Topliss-reactive ketones (excluding diaryl/α,β-unsaturated/α-hetero) is 1. The zero-order valence-electron chi connectivity index (χ0n) is 12.9. The van der Waals surface area contributed by atoms with Gasteiger partial charge >= 0.3 is 0 Å². The smallest absolute Gasteiger partial charge is 0.134 e. The largest absolute Gasteiger partial charge is 0.497 e. The van der Waals surface area contributed by atoms with Gasteiger partial charge in [0.15, 0.2) is 0 Å². The fourth-order valence-corrected chi connectivity index (χ4v) is 3.30. The molecular formula is C19H20O3. The normalized spacial score (nSPS) is 20.9. The average Bonchev–Trinajstić information content (AvgIpc) is 2.97. The topological polar surface area (TPSA) is 35.5 Å². The van der Waals surface area contributed by atoms with Gasteiger partial charge in [-0.25, -0.2) is 0 Å². The minimum Gasteiger partial charge on any atom is -0.497 e. The van der Waals surface area contributed by atoms with E-state index in [4.69, 9.17) is 9.47 Å². The first-order chi connectivity index (χ1) is 10.7. The van der Waals surface area contributed by atoms with E-state index in [1.54, 1.807) is 14.2 Å². The van der Waals surface area contributed by atoms with Gasteiger partial charge in [0.25, 0.3) is 0 Å². The number of ether oxygens (including phenoxy) is 2. The van der Waals surface area contributed by atoms with Gasteiger partial charge in [0, 0.05) is 12.8 Å². The van der Waals surface area contributed by atoms with E-state index < -0.39 is 0 Å². The molecule has 0 amide bonds. The molecule has 2 aromatic carbocycles. The van der Waals surface area contributed by atoms with Crippen LogP contribution in [0.4, 0.5) is 0 Å². The van der Waals surface area contributed by atoms with Gasteiger partial charge in [-0.15, -0.1) is 0 Å². The summed E-state index contributed by atoms with van der Waals surface area (Å²) in [4.78, 5) is 12.1. The molecule has 0 heterocycles. The van der Waals surface area contributed by atoms with Crippen molar-refractivity contribution in [3.8, 4) is 11.5 Å². The first kappa shape index (κ1) is 14.6. The van der Waals surface area contributed by atoms with Crippen LogP contribution in [0.15, 0.2) is 48.5 Å². The number of carbonyl (C=O) groups excluding carboxylic acids is 1. The first-order valence-electron chi connectivity index (χ1n) is 7.51. The standard InChI is InChI=1S/C19H20O3/c1-21-16-7-3-5-13(9-16)18-11-15(20)12-19(18)14-6-4-8-17(10-14)22-2/h3-10,18-19H,11-12H2,1-2H3/t18-,19-/m0/s1. The van der Waals surface area contributed by atoms with Crippen LogP contribution in [-0.4, -0.2) is 20.0 Å². The highest BCUT2D eigenvalue weighted by atomic mass is 16.5. The molecule has 1 saturated carbocycles. The van der Waals surface area contributed by atoms with Gasteiger partial charge in [-0.3, -0.25) is 4.79 Å². The molecular weight excluding hydrogens is 276 g/mol. The van der Waals surface area contributed by atoms with E-state index in [1.165, 1.54) is 0 Å². The molecule has 3 heteroatoms. The zero-order chi connectivity index (χ0) is 15.5. The third kappa shape index (κ3) is 2.84. The molecule has 0 radical (unpaired) electrons. The molecule has 0 aliphatic heterocycles. The van der Waals surface area contributed by atoms with Crippen molar-refractivity contribution >= 4 is 5.78 Å². The van der Waals surface area contributed by atoms with Crippen LogP contribution in [0.2, 0.25) is 0 Å². The monoisotopic (exact) mass is 296 g/mol. The summed E-state index contributed by atoms with van der Waals surface area (Å²) >= 11 is 0. The van der Waals surface area contributed by atoms with Gasteiger partial charge in [-0.1, -0.05) is 24.3 Å². The predicted molar refractivity (Wildman–Crippen MR) is 85.7 cm³/mol. The van der Waals surface area contributed by atoms with E-state index in [2.05, 4.69) is 12.1 Å². The SMILES string of the molecule is COc1cccc([C@@H]2CC(=O)C[C@H]2c2cccc(OC)c2)c1. The van der Waals surface area contributed by atoms with Crippen LogP contribution in [0.5, 0.6) is 11.5 Å². The average molecular weight is 296 g/mol. The van der Waals surface area contributed by atoms with Crippen molar-refractivity contribution < 1.29 is 14.3 Å². The van der Waals surface area contributed by atoms with Gasteiger partial charge in [0.2, 0.25) is 0 Å². The van der Waals surface area contributed by atoms with Gasteiger partial charge in [-0.05, 0) is 47.2 Å². The molecule has 3 rings (SSSR count). The van der Waals surface area contributed by atoms with Crippen molar-refractivity contribution in [3.63, 3.8) is 0 Å². The van der Waals surface area contributed by atoms with Crippen molar-refractivity contribution in [3.05, 3.63) is 59.7 Å². The molecule has 0 N–H and O–H groups in total. The van der Waals surface area contributed by atoms with E-state index in [0.29, 0.717) is 18.6 Å².